The zero-order valence-corrected chi connectivity index (χ0v) is 17.5. The minimum atomic E-state index is -0.246. The molecule has 7 heteroatoms. The van der Waals surface area contributed by atoms with E-state index < -0.39 is 0 Å². The highest BCUT2D eigenvalue weighted by atomic mass is 127. The molecule has 0 unspecified atom stereocenters. The van der Waals surface area contributed by atoms with Gasteiger partial charge in [0.05, 0.1) is 13.7 Å². The fourth-order valence-corrected chi connectivity index (χ4v) is 2.34. The Morgan fingerprint density at radius 1 is 1.04 bits per heavy atom. The number of rotatable bonds is 7. The second-order valence-electron chi connectivity index (χ2n) is 5.33. The third-order valence-electron chi connectivity index (χ3n) is 3.56. The average Bonchev–Trinajstić information content (AvgIpc) is 2.62. The molecular weight excluding hydrogens is 448 g/mol. The molecule has 0 heterocycles. The lowest BCUT2D eigenvalue weighted by atomic mass is 10.2. The summed E-state index contributed by atoms with van der Waals surface area (Å²) in [5.74, 6) is 1.81. The third-order valence-corrected chi connectivity index (χ3v) is 3.56. The Kier molecular flexibility index (Phi) is 9.79. The Labute approximate surface area is 171 Å². The number of nitrogens with one attached hydrogen (secondary N) is 2. The van der Waals surface area contributed by atoms with E-state index in [2.05, 4.69) is 15.6 Å². The van der Waals surface area contributed by atoms with E-state index in [0.717, 1.165) is 11.1 Å². The maximum Gasteiger partial charge on any atom is 0.191 e. The first-order valence-electron chi connectivity index (χ1n) is 8.15. The van der Waals surface area contributed by atoms with Gasteiger partial charge in [0.1, 0.15) is 5.82 Å². The molecule has 0 spiro atoms. The lowest BCUT2D eigenvalue weighted by Gasteiger charge is -2.14. The number of aliphatic imine (C=N–C) groups is 1. The molecule has 0 saturated carbocycles. The lowest BCUT2D eigenvalue weighted by molar-refractivity contribution is 0.310. The van der Waals surface area contributed by atoms with Crippen molar-refractivity contribution in [3.63, 3.8) is 0 Å². The van der Waals surface area contributed by atoms with E-state index in [-0.39, 0.29) is 29.8 Å². The van der Waals surface area contributed by atoms with E-state index in [0.29, 0.717) is 37.2 Å². The van der Waals surface area contributed by atoms with Gasteiger partial charge in [0.15, 0.2) is 17.5 Å². The Morgan fingerprint density at radius 2 is 1.73 bits per heavy atom. The highest BCUT2D eigenvalue weighted by Gasteiger charge is 2.06. The first-order chi connectivity index (χ1) is 12.2. The highest BCUT2D eigenvalue weighted by Crippen LogP contribution is 2.27. The minimum Gasteiger partial charge on any atom is -0.493 e. The number of guanidine groups is 1. The summed E-state index contributed by atoms with van der Waals surface area (Å²) in [6.07, 6.45) is 0. The fourth-order valence-electron chi connectivity index (χ4n) is 2.34. The van der Waals surface area contributed by atoms with Crippen molar-refractivity contribution in [2.24, 2.45) is 4.99 Å². The Morgan fingerprint density at radius 3 is 2.31 bits per heavy atom. The molecule has 2 N–H and O–H groups in total. The SMILES string of the molecule is CCOc1cc(CNC(=NC)NCc2cccc(F)c2)ccc1OC.I. The van der Waals surface area contributed by atoms with E-state index in [1.165, 1.54) is 12.1 Å². The molecule has 0 aliphatic rings. The molecule has 0 amide bonds. The van der Waals surface area contributed by atoms with Gasteiger partial charge in [0.2, 0.25) is 0 Å². The maximum atomic E-state index is 13.2. The monoisotopic (exact) mass is 473 g/mol. The highest BCUT2D eigenvalue weighted by molar-refractivity contribution is 14.0. The first-order valence-corrected chi connectivity index (χ1v) is 8.15. The normalized spacial score (nSPS) is 10.7. The van der Waals surface area contributed by atoms with Crippen molar-refractivity contribution < 1.29 is 13.9 Å². The number of hydrogen-bond acceptors (Lipinski definition) is 3. The van der Waals surface area contributed by atoms with E-state index in [9.17, 15) is 4.39 Å². The predicted molar refractivity (Wildman–Crippen MR) is 113 cm³/mol. The van der Waals surface area contributed by atoms with Crippen LogP contribution in [0.15, 0.2) is 47.5 Å². The molecule has 0 saturated heterocycles. The van der Waals surface area contributed by atoms with Crippen molar-refractivity contribution in [3.8, 4) is 11.5 Å². The summed E-state index contributed by atoms with van der Waals surface area (Å²) >= 11 is 0. The van der Waals surface area contributed by atoms with Crippen molar-refractivity contribution in [1.82, 2.24) is 10.6 Å². The van der Waals surface area contributed by atoms with Gasteiger partial charge in [-0.05, 0) is 42.3 Å². The maximum absolute atomic E-state index is 13.2. The van der Waals surface area contributed by atoms with Crippen LogP contribution in [0.2, 0.25) is 0 Å². The Balaban J connectivity index is 0.00000338. The molecule has 2 rings (SSSR count). The molecule has 0 aliphatic heterocycles. The molecule has 0 aromatic heterocycles. The smallest absolute Gasteiger partial charge is 0.191 e. The van der Waals surface area contributed by atoms with E-state index >= 15 is 0 Å². The van der Waals surface area contributed by atoms with Crippen LogP contribution in [-0.4, -0.2) is 26.7 Å². The largest absolute Gasteiger partial charge is 0.493 e. The first kappa shape index (κ1) is 22.0. The van der Waals surface area contributed by atoms with Gasteiger partial charge in [-0.15, -0.1) is 24.0 Å². The minimum absolute atomic E-state index is 0. The lowest BCUT2D eigenvalue weighted by Crippen LogP contribution is -2.36. The molecule has 142 valence electrons. The Bertz CT molecular complexity index is 726. The fraction of sp³-hybridized carbons (Fsp3) is 0.316. The molecule has 0 radical (unpaired) electrons. The Hall–Kier alpha value is -2.03. The van der Waals surface area contributed by atoms with E-state index in [1.54, 1.807) is 20.2 Å². The van der Waals surface area contributed by atoms with Crippen LogP contribution in [0.1, 0.15) is 18.1 Å². The van der Waals surface area contributed by atoms with Crippen LogP contribution < -0.4 is 20.1 Å². The van der Waals surface area contributed by atoms with Crippen molar-refractivity contribution in [2.45, 2.75) is 20.0 Å². The molecule has 2 aromatic carbocycles. The number of benzene rings is 2. The van der Waals surface area contributed by atoms with Crippen molar-refractivity contribution in [1.29, 1.82) is 0 Å². The predicted octanol–water partition coefficient (Wildman–Crippen LogP) is 3.72. The van der Waals surface area contributed by atoms with Gasteiger partial charge in [-0.2, -0.15) is 0 Å². The molecule has 0 aliphatic carbocycles. The number of nitrogens with zero attached hydrogens (tertiary/aromatic N) is 1. The summed E-state index contributed by atoms with van der Waals surface area (Å²) in [6, 6.07) is 12.3. The summed E-state index contributed by atoms with van der Waals surface area (Å²) < 4.78 is 24.1. The van der Waals surface area contributed by atoms with Gasteiger partial charge in [-0.1, -0.05) is 18.2 Å². The standard InChI is InChI=1S/C19H24FN3O2.HI/c1-4-25-18-11-15(8-9-17(18)24-3)13-23-19(21-2)22-12-14-6-5-7-16(20)10-14;/h5-11H,4,12-13H2,1-3H3,(H2,21,22,23);1H. The van der Waals surface area contributed by atoms with Crippen molar-refractivity contribution in [3.05, 3.63) is 59.4 Å². The molecule has 5 nitrogen and oxygen atoms in total. The van der Waals surface area contributed by atoms with Crippen molar-refractivity contribution in [2.75, 3.05) is 20.8 Å². The molecule has 26 heavy (non-hydrogen) atoms. The number of ether oxygens (including phenoxy) is 2. The van der Waals surface area contributed by atoms with Crippen molar-refractivity contribution >= 4 is 29.9 Å². The van der Waals surface area contributed by atoms with Gasteiger partial charge in [-0.25, -0.2) is 4.39 Å². The van der Waals surface area contributed by atoms with E-state index in [4.69, 9.17) is 9.47 Å². The number of hydrogen-bond donors (Lipinski definition) is 2. The number of methoxy groups -OCH3 is 1. The third kappa shape index (κ3) is 6.70. The molecule has 0 atom stereocenters. The molecule has 0 bridgehead atoms. The summed E-state index contributed by atoms with van der Waals surface area (Å²) in [5.41, 5.74) is 1.89. The van der Waals surface area contributed by atoms with Crippen LogP contribution in [0.5, 0.6) is 11.5 Å². The van der Waals surface area contributed by atoms with Gasteiger partial charge in [0.25, 0.3) is 0 Å². The van der Waals surface area contributed by atoms with Gasteiger partial charge in [-0.3, -0.25) is 4.99 Å². The summed E-state index contributed by atoms with van der Waals surface area (Å²) in [6.45, 7) is 3.57. The molecule has 0 fully saturated rings. The molecule has 2 aromatic rings. The van der Waals surface area contributed by atoms with Gasteiger partial charge >= 0.3 is 0 Å². The van der Waals surface area contributed by atoms with Crippen LogP contribution in [-0.2, 0) is 13.1 Å². The van der Waals surface area contributed by atoms with Gasteiger partial charge < -0.3 is 20.1 Å². The zero-order valence-electron chi connectivity index (χ0n) is 15.2. The average molecular weight is 473 g/mol. The quantitative estimate of drug-likeness (QED) is 0.366. The summed E-state index contributed by atoms with van der Waals surface area (Å²) in [7, 11) is 3.31. The van der Waals surface area contributed by atoms with Crippen LogP contribution in [0.25, 0.3) is 0 Å². The van der Waals surface area contributed by atoms with Crippen LogP contribution in [0.4, 0.5) is 4.39 Å². The van der Waals surface area contributed by atoms with Crippen LogP contribution in [0, 0.1) is 5.82 Å². The second kappa shape index (κ2) is 11.6. The topological polar surface area (TPSA) is 54.9 Å². The van der Waals surface area contributed by atoms with Gasteiger partial charge in [0, 0.05) is 20.1 Å². The van der Waals surface area contributed by atoms with Crippen LogP contribution >= 0.6 is 24.0 Å². The van der Waals surface area contributed by atoms with E-state index in [1.807, 2.05) is 31.2 Å². The number of halogens is 2. The summed E-state index contributed by atoms with van der Waals surface area (Å²) in [5, 5.41) is 6.39. The summed E-state index contributed by atoms with van der Waals surface area (Å²) in [4.78, 5) is 4.18. The van der Waals surface area contributed by atoms with Crippen LogP contribution in [0.3, 0.4) is 0 Å². The zero-order chi connectivity index (χ0) is 18.1. The molecular formula is C19H25FIN3O2. The second-order valence-corrected chi connectivity index (χ2v) is 5.33.